The van der Waals surface area contributed by atoms with Crippen molar-refractivity contribution in [2.75, 3.05) is 20.1 Å². The number of carbonyl (C=O) groups is 3. The van der Waals surface area contributed by atoms with Gasteiger partial charge < -0.3 is 14.9 Å². The smallest absolute Gasteiger partial charge is 0.329 e. The molecule has 6 heteroatoms. The van der Waals surface area contributed by atoms with Crippen molar-refractivity contribution in [3.05, 3.63) is 0 Å². The first kappa shape index (κ1) is 17.5. The molecular formula is C15H26N2O4. The number of likely N-dealkylation sites (tertiary alicyclic amines) is 1. The average molecular weight is 298 g/mol. The van der Waals surface area contributed by atoms with Gasteiger partial charge in [0.15, 0.2) is 0 Å². The van der Waals surface area contributed by atoms with E-state index in [1.165, 1.54) is 25.8 Å². The summed E-state index contributed by atoms with van der Waals surface area (Å²) in [4.78, 5) is 38.6. The highest BCUT2D eigenvalue weighted by atomic mass is 16.4. The predicted molar refractivity (Wildman–Crippen MR) is 78.6 cm³/mol. The van der Waals surface area contributed by atoms with Crippen molar-refractivity contribution in [3.8, 4) is 0 Å². The molecule has 2 amide bonds. The van der Waals surface area contributed by atoms with Gasteiger partial charge in [0.25, 0.3) is 0 Å². The number of rotatable bonds is 4. The molecule has 1 aliphatic heterocycles. The highest BCUT2D eigenvalue weighted by Crippen LogP contribution is 2.24. The molecule has 1 aliphatic rings. The minimum Gasteiger partial charge on any atom is -0.480 e. The van der Waals surface area contributed by atoms with Crippen LogP contribution in [0.3, 0.4) is 0 Å². The summed E-state index contributed by atoms with van der Waals surface area (Å²) in [5, 5.41) is 9.19. The van der Waals surface area contributed by atoms with Crippen molar-refractivity contribution in [2.24, 2.45) is 11.8 Å². The Morgan fingerprint density at radius 1 is 1.19 bits per heavy atom. The molecule has 0 spiro atoms. The lowest BCUT2D eigenvalue weighted by atomic mass is 9.92. The second-order valence-corrected chi connectivity index (χ2v) is 6.52. The number of carbonyl (C=O) groups excluding carboxylic acids is 2. The predicted octanol–water partition coefficient (Wildman–Crippen LogP) is 1.20. The van der Waals surface area contributed by atoms with E-state index in [2.05, 4.69) is 0 Å². The summed E-state index contributed by atoms with van der Waals surface area (Å²) >= 11 is 0. The Morgan fingerprint density at radius 2 is 1.67 bits per heavy atom. The average Bonchev–Trinajstić information content (AvgIpc) is 2.44. The fraction of sp³-hybridized carbons (Fsp3) is 0.800. The first-order chi connectivity index (χ1) is 9.59. The molecule has 0 aromatic carbocycles. The molecule has 0 radical (unpaired) electrons. The lowest BCUT2D eigenvalue weighted by molar-refractivity contribution is -0.158. The zero-order valence-corrected chi connectivity index (χ0v) is 13.5. The third-order valence-electron chi connectivity index (χ3n) is 4.34. The van der Waals surface area contributed by atoms with Gasteiger partial charge in [-0.15, -0.1) is 0 Å². The van der Waals surface area contributed by atoms with Gasteiger partial charge in [-0.1, -0.05) is 13.8 Å². The van der Waals surface area contributed by atoms with Gasteiger partial charge in [-0.25, -0.2) is 4.79 Å². The van der Waals surface area contributed by atoms with Crippen LogP contribution >= 0.6 is 0 Å². The maximum atomic E-state index is 12.4. The Kier molecular flexibility index (Phi) is 5.36. The van der Waals surface area contributed by atoms with Crippen molar-refractivity contribution in [1.29, 1.82) is 0 Å². The topological polar surface area (TPSA) is 77.9 Å². The Morgan fingerprint density at radius 3 is 2.05 bits per heavy atom. The molecule has 21 heavy (non-hydrogen) atoms. The summed E-state index contributed by atoms with van der Waals surface area (Å²) in [5.41, 5.74) is -1.22. The lowest BCUT2D eigenvalue weighted by Gasteiger charge is -2.38. The van der Waals surface area contributed by atoms with Crippen molar-refractivity contribution in [2.45, 2.75) is 46.1 Å². The Hall–Kier alpha value is -1.59. The first-order valence-corrected chi connectivity index (χ1v) is 7.39. The number of carboxylic acids is 1. The molecule has 6 nitrogen and oxygen atoms in total. The van der Waals surface area contributed by atoms with E-state index in [0.717, 1.165) is 0 Å². The summed E-state index contributed by atoms with van der Waals surface area (Å²) in [5.74, 6) is -1.30. The van der Waals surface area contributed by atoms with Crippen LogP contribution < -0.4 is 0 Å². The van der Waals surface area contributed by atoms with Gasteiger partial charge >= 0.3 is 5.97 Å². The second kappa shape index (κ2) is 6.45. The molecule has 1 N–H and O–H groups in total. The van der Waals surface area contributed by atoms with Crippen LogP contribution in [0.25, 0.3) is 0 Å². The third-order valence-corrected chi connectivity index (χ3v) is 4.34. The maximum Gasteiger partial charge on any atom is 0.329 e. The zero-order chi connectivity index (χ0) is 16.4. The number of nitrogens with zero attached hydrogens (tertiary/aromatic N) is 2. The minimum absolute atomic E-state index is 0.0362. The summed E-state index contributed by atoms with van der Waals surface area (Å²) in [6.07, 6.45) is 1.19. The van der Waals surface area contributed by atoms with Crippen LogP contribution in [-0.2, 0) is 14.4 Å². The number of hydrogen-bond acceptors (Lipinski definition) is 3. The molecule has 1 heterocycles. The number of carboxylic acid groups (broad SMARTS) is 1. The van der Waals surface area contributed by atoms with Crippen molar-refractivity contribution >= 4 is 17.8 Å². The lowest BCUT2D eigenvalue weighted by Crippen LogP contribution is -2.54. The monoisotopic (exact) mass is 298 g/mol. The van der Waals surface area contributed by atoms with E-state index in [1.54, 1.807) is 4.90 Å². The molecule has 0 saturated carbocycles. The van der Waals surface area contributed by atoms with Crippen molar-refractivity contribution in [3.63, 3.8) is 0 Å². The normalized spacial score (nSPS) is 17.0. The number of aliphatic carboxylic acids is 1. The number of likely N-dealkylation sites (N-methyl/N-ethyl adjacent to an activating group) is 1. The van der Waals surface area contributed by atoms with Crippen LogP contribution in [0.5, 0.6) is 0 Å². The Bertz CT molecular complexity index is 423. The number of amides is 2. The molecule has 0 aliphatic carbocycles. The highest BCUT2D eigenvalue weighted by molar-refractivity contribution is 5.87. The molecule has 0 atom stereocenters. The Labute approximate surface area is 126 Å². The molecule has 120 valence electrons. The van der Waals surface area contributed by atoms with Gasteiger partial charge in [0, 0.05) is 32.0 Å². The molecular weight excluding hydrogens is 272 g/mol. The molecule has 1 saturated heterocycles. The van der Waals surface area contributed by atoms with Gasteiger partial charge in [-0.2, -0.15) is 0 Å². The van der Waals surface area contributed by atoms with Crippen LogP contribution in [0.15, 0.2) is 0 Å². The summed E-state index contributed by atoms with van der Waals surface area (Å²) < 4.78 is 0. The van der Waals surface area contributed by atoms with E-state index >= 15 is 0 Å². The molecule has 1 fully saturated rings. The first-order valence-electron chi connectivity index (χ1n) is 7.39. The van der Waals surface area contributed by atoms with Gasteiger partial charge in [0.05, 0.1) is 0 Å². The Balaban J connectivity index is 2.64. The van der Waals surface area contributed by atoms with Crippen LogP contribution in [0.4, 0.5) is 0 Å². The summed E-state index contributed by atoms with van der Waals surface area (Å²) in [6, 6.07) is 0. The van der Waals surface area contributed by atoms with Gasteiger partial charge in [0.1, 0.15) is 5.54 Å². The zero-order valence-electron chi connectivity index (χ0n) is 13.5. The third kappa shape index (κ3) is 3.74. The minimum atomic E-state index is -1.22. The SMILES string of the molecule is CC(C)C(=O)N1CCC(C(=O)N(C)C(C)(C)C(=O)O)CC1. The summed E-state index contributed by atoms with van der Waals surface area (Å²) in [6.45, 7) is 7.89. The quantitative estimate of drug-likeness (QED) is 0.846. The summed E-state index contributed by atoms with van der Waals surface area (Å²) in [7, 11) is 1.53. The van der Waals surface area contributed by atoms with E-state index < -0.39 is 11.5 Å². The standard InChI is InChI=1S/C15H26N2O4/c1-10(2)12(18)17-8-6-11(7-9-17)13(19)16(5)15(3,4)14(20)21/h10-11H,6-9H2,1-5H3,(H,20,21). The number of piperidine rings is 1. The molecule has 0 aromatic heterocycles. The van der Waals surface area contributed by atoms with E-state index in [4.69, 9.17) is 0 Å². The molecule has 0 aromatic rings. The van der Waals surface area contributed by atoms with E-state index in [0.29, 0.717) is 25.9 Å². The van der Waals surface area contributed by atoms with Crippen LogP contribution in [0.1, 0.15) is 40.5 Å². The molecule has 1 rings (SSSR count). The van der Waals surface area contributed by atoms with Crippen LogP contribution in [0, 0.1) is 11.8 Å². The van der Waals surface area contributed by atoms with Gasteiger partial charge in [-0.3, -0.25) is 9.59 Å². The van der Waals surface area contributed by atoms with E-state index in [1.807, 2.05) is 13.8 Å². The van der Waals surface area contributed by atoms with E-state index in [-0.39, 0.29) is 23.7 Å². The second-order valence-electron chi connectivity index (χ2n) is 6.52. The van der Waals surface area contributed by atoms with E-state index in [9.17, 15) is 19.5 Å². The maximum absolute atomic E-state index is 12.4. The number of hydrogen-bond donors (Lipinski definition) is 1. The van der Waals surface area contributed by atoms with Crippen molar-refractivity contribution < 1.29 is 19.5 Å². The van der Waals surface area contributed by atoms with Crippen LogP contribution in [-0.4, -0.2) is 58.4 Å². The van der Waals surface area contributed by atoms with Gasteiger partial charge in [0.2, 0.25) is 11.8 Å². The van der Waals surface area contributed by atoms with Gasteiger partial charge in [-0.05, 0) is 26.7 Å². The largest absolute Gasteiger partial charge is 0.480 e. The molecule has 0 bridgehead atoms. The van der Waals surface area contributed by atoms with Crippen molar-refractivity contribution in [1.82, 2.24) is 9.80 Å². The fourth-order valence-electron chi connectivity index (χ4n) is 2.40. The molecule has 0 unspecified atom stereocenters. The highest BCUT2D eigenvalue weighted by Gasteiger charge is 2.39. The fourth-order valence-corrected chi connectivity index (χ4v) is 2.40. The van der Waals surface area contributed by atoms with Crippen LogP contribution in [0.2, 0.25) is 0 Å².